The van der Waals surface area contributed by atoms with Crippen molar-refractivity contribution in [2.45, 2.75) is 39.0 Å². The molecular weight excluding hydrogens is 306 g/mol. The summed E-state index contributed by atoms with van der Waals surface area (Å²) in [5, 5.41) is 2.93. The summed E-state index contributed by atoms with van der Waals surface area (Å²) in [5.41, 5.74) is 1.19. The first kappa shape index (κ1) is 17.7. The highest BCUT2D eigenvalue weighted by molar-refractivity contribution is 5.79. The van der Waals surface area contributed by atoms with E-state index in [4.69, 9.17) is 9.47 Å². The van der Waals surface area contributed by atoms with E-state index in [2.05, 4.69) is 12.1 Å². The predicted octanol–water partition coefficient (Wildman–Crippen LogP) is 4.74. The molecule has 0 saturated heterocycles. The average molecular weight is 327 g/mol. The number of unbranched alkanes of at least 4 members (excludes halogenated alkanes) is 1. The van der Waals surface area contributed by atoms with Gasteiger partial charge in [-0.2, -0.15) is 4.91 Å². The van der Waals surface area contributed by atoms with Gasteiger partial charge in [-0.15, -0.1) is 0 Å². The Balaban J connectivity index is 2.19. The fourth-order valence-electron chi connectivity index (χ4n) is 2.30. The minimum atomic E-state index is -0.543. The smallest absolute Gasteiger partial charge is 0.241 e. The zero-order valence-corrected chi connectivity index (χ0v) is 13.7. The molecule has 5 nitrogen and oxygen atoms in total. The maximum Gasteiger partial charge on any atom is 0.241 e. The van der Waals surface area contributed by atoms with E-state index in [1.165, 1.54) is 0 Å². The quantitative estimate of drug-likeness (QED) is 0.359. The van der Waals surface area contributed by atoms with Crippen LogP contribution in [0.25, 0.3) is 0 Å². The summed E-state index contributed by atoms with van der Waals surface area (Å²) in [6.07, 6.45) is 2.81. The molecule has 0 fully saturated rings. The van der Waals surface area contributed by atoms with Crippen LogP contribution in [0.2, 0.25) is 0 Å². The zero-order valence-electron chi connectivity index (χ0n) is 13.7. The van der Waals surface area contributed by atoms with E-state index in [1.807, 2.05) is 18.2 Å². The highest BCUT2D eigenvalue weighted by Gasteiger charge is 2.16. The third-order valence-electron chi connectivity index (χ3n) is 3.56. The molecule has 0 saturated carbocycles. The lowest BCUT2D eigenvalue weighted by atomic mass is 10.2. The average Bonchev–Trinajstić information content (AvgIpc) is 2.62. The van der Waals surface area contributed by atoms with Gasteiger partial charge in [0.15, 0.2) is 6.29 Å². The van der Waals surface area contributed by atoms with Gasteiger partial charge in [0.2, 0.25) is 6.29 Å². The minimum absolute atomic E-state index is 0.0432. The van der Waals surface area contributed by atoms with Gasteiger partial charge in [0.25, 0.3) is 0 Å². The van der Waals surface area contributed by atoms with Gasteiger partial charge in [-0.1, -0.05) is 48.9 Å². The summed E-state index contributed by atoms with van der Waals surface area (Å²) < 4.78 is 11.9. The van der Waals surface area contributed by atoms with E-state index in [0.29, 0.717) is 29.0 Å². The van der Waals surface area contributed by atoms with Crippen LogP contribution in [0.1, 0.15) is 42.1 Å². The minimum Gasteiger partial charge on any atom is -0.455 e. The summed E-state index contributed by atoms with van der Waals surface area (Å²) in [5.74, 6) is 1.06. The fraction of sp³-hybridized carbons (Fsp3) is 0.316. The molecule has 0 N–H and O–H groups in total. The van der Waals surface area contributed by atoms with Crippen molar-refractivity contribution in [1.29, 1.82) is 0 Å². The number of para-hydroxylation sites is 2. The third kappa shape index (κ3) is 4.91. The number of rotatable bonds is 10. The second kappa shape index (κ2) is 9.45. The maximum absolute atomic E-state index is 11.2. The van der Waals surface area contributed by atoms with Crippen molar-refractivity contribution in [3.8, 4) is 11.5 Å². The molecule has 2 rings (SSSR count). The van der Waals surface area contributed by atoms with Gasteiger partial charge in [0, 0.05) is 12.0 Å². The number of benzene rings is 2. The molecule has 0 heterocycles. The second-order valence-corrected chi connectivity index (χ2v) is 5.36. The standard InChI is InChI=1S/C19H21NO4/c1-2-3-12-19(24-18-11-7-5-9-16(18)14-21)23-17-10-6-4-8-15(17)13-20-22/h4-11,14,19H,2-3,12-13H2,1H3. The molecule has 0 spiro atoms. The predicted molar refractivity (Wildman–Crippen MR) is 92.3 cm³/mol. The Labute approximate surface area is 141 Å². The Bertz CT molecular complexity index is 672. The van der Waals surface area contributed by atoms with Crippen molar-refractivity contribution >= 4 is 6.29 Å². The van der Waals surface area contributed by atoms with Crippen LogP contribution in [0.4, 0.5) is 0 Å². The van der Waals surface area contributed by atoms with Crippen molar-refractivity contribution in [1.82, 2.24) is 0 Å². The Morgan fingerprint density at radius 2 is 1.71 bits per heavy atom. The van der Waals surface area contributed by atoms with E-state index < -0.39 is 6.29 Å². The number of nitroso groups, excluding NO2 is 1. The zero-order chi connectivity index (χ0) is 17.2. The normalized spacial score (nSPS) is 11.5. The molecule has 24 heavy (non-hydrogen) atoms. The van der Waals surface area contributed by atoms with Crippen LogP contribution in [-0.4, -0.2) is 12.6 Å². The molecule has 0 aliphatic heterocycles. The lowest BCUT2D eigenvalue weighted by Gasteiger charge is -2.22. The Morgan fingerprint density at radius 3 is 2.42 bits per heavy atom. The molecule has 0 radical (unpaired) electrons. The Hall–Kier alpha value is -2.69. The van der Waals surface area contributed by atoms with E-state index in [0.717, 1.165) is 19.1 Å². The van der Waals surface area contributed by atoms with Gasteiger partial charge in [-0.25, -0.2) is 0 Å². The highest BCUT2D eigenvalue weighted by Crippen LogP contribution is 2.24. The Kier molecular flexibility index (Phi) is 6.95. The van der Waals surface area contributed by atoms with Crippen LogP contribution in [-0.2, 0) is 6.54 Å². The second-order valence-electron chi connectivity index (χ2n) is 5.36. The molecule has 1 unspecified atom stereocenters. The summed E-state index contributed by atoms with van der Waals surface area (Å²) >= 11 is 0. The molecule has 0 amide bonds. The first-order valence-electron chi connectivity index (χ1n) is 8.03. The fourth-order valence-corrected chi connectivity index (χ4v) is 2.30. The van der Waals surface area contributed by atoms with Crippen molar-refractivity contribution < 1.29 is 14.3 Å². The molecule has 2 aromatic rings. The monoisotopic (exact) mass is 327 g/mol. The maximum atomic E-state index is 11.2. The van der Waals surface area contributed by atoms with E-state index in [1.54, 1.807) is 30.3 Å². The number of carbonyl (C=O) groups excluding carboxylic acids is 1. The molecule has 0 aliphatic rings. The Morgan fingerprint density at radius 1 is 1.04 bits per heavy atom. The summed E-state index contributed by atoms with van der Waals surface area (Å²) in [4.78, 5) is 21.7. The molecule has 0 aromatic heterocycles. The summed E-state index contributed by atoms with van der Waals surface area (Å²) in [7, 11) is 0. The molecule has 126 valence electrons. The van der Waals surface area contributed by atoms with Crippen LogP contribution in [0.3, 0.4) is 0 Å². The van der Waals surface area contributed by atoms with Gasteiger partial charge in [0.1, 0.15) is 18.0 Å². The molecule has 0 aliphatic carbocycles. The van der Waals surface area contributed by atoms with Crippen molar-refractivity contribution in [3.05, 3.63) is 64.6 Å². The first-order valence-corrected chi connectivity index (χ1v) is 8.03. The summed E-state index contributed by atoms with van der Waals surface area (Å²) in [6.45, 7) is 2.13. The van der Waals surface area contributed by atoms with Crippen LogP contribution in [0.5, 0.6) is 11.5 Å². The summed E-state index contributed by atoms with van der Waals surface area (Å²) in [6, 6.07) is 14.3. The van der Waals surface area contributed by atoms with Crippen LogP contribution < -0.4 is 9.47 Å². The van der Waals surface area contributed by atoms with Crippen molar-refractivity contribution in [3.63, 3.8) is 0 Å². The lowest BCUT2D eigenvalue weighted by Crippen LogP contribution is -2.25. The number of carbonyl (C=O) groups is 1. The van der Waals surface area contributed by atoms with Gasteiger partial charge in [0.05, 0.1) is 5.56 Å². The number of hydrogen-bond acceptors (Lipinski definition) is 5. The van der Waals surface area contributed by atoms with Gasteiger partial charge in [-0.3, -0.25) is 4.79 Å². The SMILES string of the molecule is CCCCC(Oc1ccccc1C=O)Oc1ccccc1CN=O. The van der Waals surface area contributed by atoms with Crippen molar-refractivity contribution in [2.24, 2.45) is 5.18 Å². The number of aldehydes is 1. The molecule has 1 atom stereocenters. The molecule has 2 aromatic carbocycles. The number of nitrogens with zero attached hydrogens (tertiary/aromatic N) is 1. The van der Waals surface area contributed by atoms with E-state index in [-0.39, 0.29) is 6.54 Å². The molecule has 0 bridgehead atoms. The molecular formula is C19H21NO4. The topological polar surface area (TPSA) is 65.0 Å². The number of hydrogen-bond donors (Lipinski definition) is 0. The van der Waals surface area contributed by atoms with Gasteiger partial charge >= 0.3 is 0 Å². The van der Waals surface area contributed by atoms with E-state index >= 15 is 0 Å². The molecule has 5 heteroatoms. The van der Waals surface area contributed by atoms with Crippen LogP contribution in [0, 0.1) is 4.91 Å². The van der Waals surface area contributed by atoms with Crippen LogP contribution in [0.15, 0.2) is 53.7 Å². The first-order chi connectivity index (χ1) is 11.8. The largest absolute Gasteiger partial charge is 0.455 e. The van der Waals surface area contributed by atoms with Gasteiger partial charge < -0.3 is 9.47 Å². The van der Waals surface area contributed by atoms with Crippen LogP contribution >= 0.6 is 0 Å². The number of ether oxygens (including phenoxy) is 2. The van der Waals surface area contributed by atoms with Gasteiger partial charge in [-0.05, 0) is 24.6 Å². The van der Waals surface area contributed by atoms with E-state index in [9.17, 15) is 9.70 Å². The highest BCUT2D eigenvalue weighted by atomic mass is 16.7. The van der Waals surface area contributed by atoms with Crippen molar-refractivity contribution in [2.75, 3.05) is 0 Å². The third-order valence-corrected chi connectivity index (χ3v) is 3.56. The lowest BCUT2D eigenvalue weighted by molar-refractivity contribution is -0.00312.